The molecule has 162 valence electrons. The summed E-state index contributed by atoms with van der Waals surface area (Å²) < 4.78 is 46.7. The highest BCUT2D eigenvalue weighted by molar-refractivity contribution is 7.99. The Balaban J connectivity index is 1.59. The number of rotatable bonds is 6. The average Bonchev–Trinajstić information content (AvgIpc) is 2.76. The molecule has 0 atom stereocenters. The quantitative estimate of drug-likeness (QED) is 0.410. The normalized spacial score (nSPS) is 14.9. The van der Waals surface area contributed by atoms with E-state index < -0.39 is 11.7 Å². The van der Waals surface area contributed by atoms with Gasteiger partial charge in [0.25, 0.3) is 0 Å². The molecule has 1 saturated carbocycles. The van der Waals surface area contributed by atoms with Crippen molar-refractivity contribution in [1.29, 1.82) is 0 Å². The van der Waals surface area contributed by atoms with Crippen LogP contribution in [0.15, 0.2) is 70.7 Å². The molecule has 3 aromatic rings. The Kier molecular flexibility index (Phi) is 6.65. The van der Waals surface area contributed by atoms with Gasteiger partial charge >= 0.3 is 6.18 Å². The van der Waals surface area contributed by atoms with Crippen LogP contribution in [0.25, 0.3) is 0 Å². The highest BCUT2D eigenvalue weighted by Gasteiger charge is 2.35. The summed E-state index contributed by atoms with van der Waals surface area (Å²) in [6.07, 6.45) is 1.94. The van der Waals surface area contributed by atoms with Crippen LogP contribution in [0.2, 0.25) is 0 Å². The zero-order valence-electron chi connectivity index (χ0n) is 16.7. The van der Waals surface area contributed by atoms with Gasteiger partial charge in [0, 0.05) is 11.1 Å². The van der Waals surface area contributed by atoms with E-state index in [-0.39, 0.29) is 17.1 Å². The van der Waals surface area contributed by atoms with Crippen molar-refractivity contribution in [2.24, 2.45) is 0 Å². The van der Waals surface area contributed by atoms with Gasteiger partial charge in [-0.05, 0) is 49.9 Å². The fourth-order valence-electron chi connectivity index (χ4n) is 3.45. The van der Waals surface area contributed by atoms with Crippen molar-refractivity contribution in [3.05, 3.63) is 66.4 Å². The number of para-hydroxylation sites is 2. The van der Waals surface area contributed by atoms with Gasteiger partial charge in [0.05, 0.1) is 11.8 Å². The second kappa shape index (κ2) is 9.60. The molecule has 4 rings (SSSR count). The van der Waals surface area contributed by atoms with Gasteiger partial charge in [0.2, 0.25) is 5.95 Å². The molecule has 0 radical (unpaired) electrons. The van der Waals surface area contributed by atoms with Crippen molar-refractivity contribution >= 4 is 23.4 Å². The number of ether oxygens (including phenoxy) is 1. The van der Waals surface area contributed by atoms with Crippen LogP contribution in [0.5, 0.6) is 5.75 Å². The maximum atomic E-state index is 13.5. The van der Waals surface area contributed by atoms with Crippen LogP contribution in [-0.2, 0) is 6.18 Å². The summed E-state index contributed by atoms with van der Waals surface area (Å²) in [6.45, 7) is 0. The van der Waals surface area contributed by atoms with Crippen molar-refractivity contribution in [3.63, 3.8) is 0 Å². The molecule has 1 aliphatic carbocycles. The van der Waals surface area contributed by atoms with Gasteiger partial charge in [-0.15, -0.1) is 0 Å². The van der Waals surface area contributed by atoms with Crippen LogP contribution < -0.4 is 10.1 Å². The molecule has 1 fully saturated rings. The lowest BCUT2D eigenvalue weighted by Gasteiger charge is -2.24. The molecule has 0 amide bonds. The Morgan fingerprint density at radius 2 is 1.65 bits per heavy atom. The first-order valence-corrected chi connectivity index (χ1v) is 11.0. The molecule has 0 aliphatic heterocycles. The van der Waals surface area contributed by atoms with Gasteiger partial charge in [-0.3, -0.25) is 0 Å². The third-order valence-electron chi connectivity index (χ3n) is 5.00. The number of nitrogens with one attached hydrogen (secondary N) is 1. The maximum absolute atomic E-state index is 13.5. The average molecular weight is 446 g/mol. The summed E-state index contributed by atoms with van der Waals surface area (Å²) in [5.74, 6) is 0.737. The number of nitrogens with zero attached hydrogens (tertiary/aromatic N) is 2. The second-order valence-corrected chi connectivity index (χ2v) is 8.39. The standard InChI is InChI=1S/C23H22F3N3OS/c24-23(25,26)18-15-27-22(29-21(18)31-17-11-5-2-6-12-17)28-19-13-7-8-14-20(19)30-16-9-3-1-4-10-16/h2,5-8,11-16H,1,3-4,9-10H2,(H,27,28,29). The molecule has 1 aliphatic rings. The molecule has 0 saturated heterocycles. The largest absolute Gasteiger partial charge is 0.488 e. The van der Waals surface area contributed by atoms with Crippen molar-refractivity contribution in [3.8, 4) is 5.75 Å². The van der Waals surface area contributed by atoms with E-state index in [1.54, 1.807) is 24.3 Å². The predicted octanol–water partition coefficient (Wildman–Crippen LogP) is 7.10. The smallest absolute Gasteiger partial charge is 0.420 e. The SMILES string of the molecule is FC(F)(F)c1cnc(Nc2ccccc2OC2CCCCC2)nc1Sc1ccccc1. The lowest BCUT2D eigenvalue weighted by Crippen LogP contribution is -2.20. The molecule has 4 nitrogen and oxygen atoms in total. The molecule has 1 aromatic heterocycles. The van der Waals surface area contributed by atoms with E-state index in [1.165, 1.54) is 6.42 Å². The maximum Gasteiger partial charge on any atom is 0.420 e. The van der Waals surface area contributed by atoms with Crippen LogP contribution in [0.1, 0.15) is 37.7 Å². The molecule has 0 unspecified atom stereocenters. The van der Waals surface area contributed by atoms with Crippen molar-refractivity contribution in [2.75, 3.05) is 5.32 Å². The van der Waals surface area contributed by atoms with E-state index in [9.17, 15) is 13.2 Å². The number of hydrogen-bond acceptors (Lipinski definition) is 5. The van der Waals surface area contributed by atoms with E-state index in [4.69, 9.17) is 4.74 Å². The van der Waals surface area contributed by atoms with Gasteiger partial charge in [-0.1, -0.05) is 48.5 Å². The number of aromatic nitrogens is 2. The van der Waals surface area contributed by atoms with Gasteiger partial charge in [-0.2, -0.15) is 13.2 Å². The first kappa shape index (κ1) is 21.5. The van der Waals surface area contributed by atoms with E-state index in [2.05, 4.69) is 15.3 Å². The van der Waals surface area contributed by atoms with Gasteiger partial charge in [-0.25, -0.2) is 9.97 Å². The topological polar surface area (TPSA) is 47.0 Å². The molecular formula is C23H22F3N3OS. The number of anilines is 2. The first-order chi connectivity index (χ1) is 15.0. The van der Waals surface area contributed by atoms with E-state index >= 15 is 0 Å². The van der Waals surface area contributed by atoms with Crippen molar-refractivity contribution < 1.29 is 17.9 Å². The monoisotopic (exact) mass is 445 g/mol. The Morgan fingerprint density at radius 3 is 2.39 bits per heavy atom. The number of hydrogen-bond donors (Lipinski definition) is 1. The van der Waals surface area contributed by atoms with Crippen LogP contribution in [0.3, 0.4) is 0 Å². The molecule has 8 heteroatoms. The van der Waals surface area contributed by atoms with Crippen molar-refractivity contribution in [1.82, 2.24) is 9.97 Å². The van der Waals surface area contributed by atoms with Crippen LogP contribution >= 0.6 is 11.8 Å². The van der Waals surface area contributed by atoms with E-state index in [1.807, 2.05) is 30.3 Å². The van der Waals surface area contributed by atoms with Crippen molar-refractivity contribution in [2.45, 2.75) is 54.3 Å². The Hall–Kier alpha value is -2.74. The zero-order chi connectivity index (χ0) is 21.7. The fraction of sp³-hybridized carbons (Fsp3) is 0.304. The third-order valence-corrected chi connectivity index (χ3v) is 6.01. The summed E-state index contributed by atoms with van der Waals surface area (Å²) in [4.78, 5) is 8.77. The lowest BCUT2D eigenvalue weighted by atomic mass is 9.98. The number of benzene rings is 2. The Labute approximate surface area is 183 Å². The summed E-state index contributed by atoms with van der Waals surface area (Å²) in [5.41, 5.74) is -0.234. The molecule has 0 spiro atoms. The van der Waals surface area contributed by atoms with Gasteiger partial charge < -0.3 is 10.1 Å². The minimum atomic E-state index is -4.54. The van der Waals surface area contributed by atoms with Crippen LogP contribution in [0.4, 0.5) is 24.8 Å². The summed E-state index contributed by atoms with van der Waals surface area (Å²) in [6, 6.07) is 16.2. The van der Waals surface area contributed by atoms with E-state index in [0.717, 1.165) is 43.6 Å². The molecule has 1 N–H and O–H groups in total. The minimum absolute atomic E-state index is 0.0890. The minimum Gasteiger partial charge on any atom is -0.488 e. The fourth-order valence-corrected chi connectivity index (χ4v) is 4.38. The molecule has 2 aromatic carbocycles. The van der Waals surface area contributed by atoms with Crippen LogP contribution in [0, 0.1) is 0 Å². The summed E-state index contributed by atoms with van der Waals surface area (Å²) in [7, 11) is 0. The first-order valence-electron chi connectivity index (χ1n) is 10.2. The Bertz CT molecular complexity index is 1010. The lowest BCUT2D eigenvalue weighted by molar-refractivity contribution is -0.140. The van der Waals surface area contributed by atoms with Crippen LogP contribution in [-0.4, -0.2) is 16.1 Å². The number of halogens is 3. The van der Waals surface area contributed by atoms with Gasteiger partial charge in [0.1, 0.15) is 16.3 Å². The Morgan fingerprint density at radius 1 is 0.935 bits per heavy atom. The predicted molar refractivity (Wildman–Crippen MR) is 115 cm³/mol. The molecule has 0 bridgehead atoms. The summed E-state index contributed by atoms with van der Waals surface area (Å²) in [5, 5.41) is 2.89. The summed E-state index contributed by atoms with van der Waals surface area (Å²) >= 11 is 0.956. The van der Waals surface area contributed by atoms with E-state index in [0.29, 0.717) is 16.3 Å². The molecular weight excluding hydrogens is 423 g/mol. The second-order valence-electron chi connectivity index (χ2n) is 7.32. The third kappa shape index (κ3) is 5.70. The molecule has 1 heterocycles. The van der Waals surface area contributed by atoms with Gasteiger partial charge in [0.15, 0.2) is 0 Å². The molecule has 31 heavy (non-hydrogen) atoms. The highest BCUT2D eigenvalue weighted by Crippen LogP contribution is 2.39. The number of alkyl halides is 3. The zero-order valence-corrected chi connectivity index (χ0v) is 17.5. The highest BCUT2D eigenvalue weighted by atomic mass is 32.2.